The van der Waals surface area contributed by atoms with Crippen LogP contribution in [0.2, 0.25) is 0 Å². The molecule has 1 atom stereocenters. The maximum absolute atomic E-state index is 6.63. The first-order valence-corrected chi connectivity index (χ1v) is 8.51. The van der Waals surface area contributed by atoms with Crippen molar-refractivity contribution in [3.63, 3.8) is 0 Å². The molecule has 0 fully saturated rings. The lowest BCUT2D eigenvalue weighted by Gasteiger charge is -2.23. The van der Waals surface area contributed by atoms with Crippen LogP contribution in [0.4, 0.5) is 5.69 Å². The summed E-state index contributed by atoms with van der Waals surface area (Å²) in [5, 5.41) is -0.0787. The highest BCUT2D eigenvalue weighted by Crippen LogP contribution is 2.47. The highest BCUT2D eigenvalue weighted by molar-refractivity contribution is 6.25. The lowest BCUT2D eigenvalue weighted by molar-refractivity contribution is 0.873. The second-order valence-electron chi connectivity index (χ2n) is 5.09. The lowest BCUT2D eigenvalue weighted by atomic mass is 10.1. The van der Waals surface area contributed by atoms with Gasteiger partial charge >= 0.3 is 0 Å². The van der Waals surface area contributed by atoms with Gasteiger partial charge in [-0.3, -0.25) is 0 Å². The molecule has 0 aliphatic heterocycles. The van der Waals surface area contributed by atoms with Crippen LogP contribution in [0.3, 0.4) is 0 Å². The second kappa shape index (κ2) is 6.48. The van der Waals surface area contributed by atoms with Gasteiger partial charge < -0.3 is 4.90 Å². The van der Waals surface area contributed by atoms with E-state index in [1.807, 2.05) is 6.07 Å². The monoisotopic (exact) mass is 339 g/mol. The minimum Gasteiger partial charge on any atom is -0.369 e. The van der Waals surface area contributed by atoms with E-state index in [2.05, 4.69) is 41.3 Å². The van der Waals surface area contributed by atoms with Crippen molar-refractivity contribution in [1.29, 1.82) is 0 Å². The molecule has 1 unspecified atom stereocenters. The Kier molecular flexibility index (Phi) is 4.63. The van der Waals surface area contributed by atoms with E-state index in [0.717, 1.165) is 18.8 Å². The Morgan fingerprint density at radius 1 is 0.857 bits per heavy atom. The van der Waals surface area contributed by atoms with Gasteiger partial charge in [-0.2, -0.15) is 0 Å². The SMILES string of the molecule is ClCCN(CCCl)c1ccc2c(c1)C(Cl)c1ccccc1-2. The largest absolute Gasteiger partial charge is 0.369 e. The number of alkyl halides is 3. The van der Waals surface area contributed by atoms with Crippen LogP contribution in [-0.2, 0) is 0 Å². The molecule has 0 amide bonds. The fourth-order valence-electron chi connectivity index (χ4n) is 2.91. The van der Waals surface area contributed by atoms with E-state index in [1.54, 1.807) is 0 Å². The topological polar surface area (TPSA) is 3.24 Å². The normalized spacial score (nSPS) is 15.7. The summed E-state index contributed by atoms with van der Waals surface area (Å²) < 4.78 is 0. The Balaban J connectivity index is 2.00. The molecular weight excluding hydrogens is 325 g/mol. The van der Waals surface area contributed by atoms with Gasteiger partial charge in [0.1, 0.15) is 0 Å². The molecule has 0 radical (unpaired) electrons. The maximum atomic E-state index is 6.63. The minimum absolute atomic E-state index is 0.0787. The van der Waals surface area contributed by atoms with Crippen molar-refractivity contribution in [3.05, 3.63) is 53.6 Å². The maximum Gasteiger partial charge on any atom is 0.0848 e. The summed E-state index contributed by atoms with van der Waals surface area (Å²) in [6.07, 6.45) is 0. The van der Waals surface area contributed by atoms with E-state index in [0.29, 0.717) is 11.8 Å². The molecule has 3 rings (SSSR count). The van der Waals surface area contributed by atoms with E-state index < -0.39 is 0 Å². The summed E-state index contributed by atoms with van der Waals surface area (Å²) in [7, 11) is 0. The predicted molar refractivity (Wildman–Crippen MR) is 93.2 cm³/mol. The molecule has 2 aromatic carbocycles. The van der Waals surface area contributed by atoms with Crippen molar-refractivity contribution in [3.8, 4) is 11.1 Å². The molecule has 0 saturated carbocycles. The van der Waals surface area contributed by atoms with Crippen LogP contribution in [0.15, 0.2) is 42.5 Å². The van der Waals surface area contributed by atoms with Gasteiger partial charge in [-0.15, -0.1) is 34.8 Å². The first-order valence-electron chi connectivity index (χ1n) is 7.00. The number of benzene rings is 2. The van der Waals surface area contributed by atoms with E-state index in [-0.39, 0.29) is 5.38 Å². The average Bonchev–Trinajstić information content (AvgIpc) is 2.80. The van der Waals surface area contributed by atoms with Gasteiger partial charge in [0, 0.05) is 30.5 Å². The van der Waals surface area contributed by atoms with Crippen molar-refractivity contribution in [1.82, 2.24) is 0 Å². The fourth-order valence-corrected chi connectivity index (χ4v) is 3.69. The minimum atomic E-state index is -0.0787. The molecule has 0 spiro atoms. The average molecular weight is 341 g/mol. The first kappa shape index (κ1) is 15.0. The highest BCUT2D eigenvalue weighted by Gasteiger charge is 2.27. The molecule has 0 bridgehead atoms. The van der Waals surface area contributed by atoms with Gasteiger partial charge in [0.05, 0.1) is 5.38 Å². The summed E-state index contributed by atoms with van der Waals surface area (Å²) in [6, 6.07) is 14.8. The van der Waals surface area contributed by atoms with E-state index in [1.165, 1.54) is 22.3 Å². The lowest BCUT2D eigenvalue weighted by Crippen LogP contribution is -2.27. The van der Waals surface area contributed by atoms with Crippen LogP contribution in [-0.4, -0.2) is 24.8 Å². The first-order chi connectivity index (χ1) is 10.3. The molecule has 110 valence electrons. The predicted octanol–water partition coefficient (Wildman–Crippen LogP) is 5.28. The molecule has 4 heteroatoms. The van der Waals surface area contributed by atoms with Crippen molar-refractivity contribution in [2.24, 2.45) is 0 Å². The molecule has 21 heavy (non-hydrogen) atoms. The van der Waals surface area contributed by atoms with Crippen molar-refractivity contribution in [2.75, 3.05) is 29.7 Å². The van der Waals surface area contributed by atoms with Crippen LogP contribution in [0.5, 0.6) is 0 Å². The van der Waals surface area contributed by atoms with E-state index in [4.69, 9.17) is 34.8 Å². The zero-order valence-electron chi connectivity index (χ0n) is 11.5. The van der Waals surface area contributed by atoms with Gasteiger partial charge in [-0.05, 0) is 34.4 Å². The third-order valence-corrected chi connectivity index (χ3v) is 4.71. The smallest absolute Gasteiger partial charge is 0.0848 e. The van der Waals surface area contributed by atoms with Gasteiger partial charge in [-0.1, -0.05) is 30.3 Å². The standard InChI is InChI=1S/C17H16Cl3N/c18-7-9-21(10-8-19)12-5-6-14-13-3-1-2-4-15(13)17(20)16(14)11-12/h1-6,11,17H,7-10H2. The molecule has 0 aromatic heterocycles. The Labute approximate surface area is 140 Å². The molecule has 0 saturated heterocycles. The quantitative estimate of drug-likeness (QED) is 0.669. The number of nitrogens with zero attached hydrogens (tertiary/aromatic N) is 1. The molecule has 0 N–H and O–H groups in total. The number of fused-ring (bicyclic) bond motifs is 3. The summed E-state index contributed by atoms with van der Waals surface area (Å²) >= 11 is 18.4. The Hall–Kier alpha value is -0.890. The zero-order chi connectivity index (χ0) is 14.8. The fraction of sp³-hybridized carbons (Fsp3) is 0.294. The number of hydrogen-bond donors (Lipinski definition) is 0. The molecule has 1 aliphatic rings. The third kappa shape index (κ3) is 2.75. The van der Waals surface area contributed by atoms with Crippen LogP contribution >= 0.6 is 34.8 Å². The summed E-state index contributed by atoms with van der Waals surface area (Å²) in [4.78, 5) is 2.20. The zero-order valence-corrected chi connectivity index (χ0v) is 13.8. The highest BCUT2D eigenvalue weighted by atomic mass is 35.5. The van der Waals surface area contributed by atoms with Crippen molar-refractivity contribution < 1.29 is 0 Å². The number of rotatable bonds is 5. The molecule has 2 aromatic rings. The molecule has 1 aliphatic carbocycles. The van der Waals surface area contributed by atoms with Crippen molar-refractivity contribution in [2.45, 2.75) is 5.38 Å². The van der Waals surface area contributed by atoms with E-state index in [9.17, 15) is 0 Å². The van der Waals surface area contributed by atoms with Gasteiger partial charge in [0.2, 0.25) is 0 Å². The van der Waals surface area contributed by atoms with Crippen LogP contribution in [0, 0.1) is 0 Å². The number of hydrogen-bond acceptors (Lipinski definition) is 1. The van der Waals surface area contributed by atoms with Gasteiger partial charge in [0.25, 0.3) is 0 Å². The molecule has 0 heterocycles. The summed E-state index contributed by atoms with van der Waals surface area (Å²) in [6.45, 7) is 1.57. The van der Waals surface area contributed by atoms with E-state index >= 15 is 0 Å². The summed E-state index contributed by atoms with van der Waals surface area (Å²) in [5.74, 6) is 1.16. The van der Waals surface area contributed by atoms with Crippen LogP contribution in [0.1, 0.15) is 16.5 Å². The Morgan fingerprint density at radius 3 is 2.24 bits per heavy atom. The van der Waals surface area contributed by atoms with Gasteiger partial charge in [-0.25, -0.2) is 0 Å². The molecule has 1 nitrogen and oxygen atoms in total. The third-order valence-electron chi connectivity index (χ3n) is 3.91. The molecular formula is C17H16Cl3N. The Morgan fingerprint density at radius 2 is 1.52 bits per heavy atom. The summed E-state index contributed by atoms with van der Waals surface area (Å²) in [5.41, 5.74) is 5.96. The second-order valence-corrected chi connectivity index (χ2v) is 6.28. The number of anilines is 1. The van der Waals surface area contributed by atoms with Gasteiger partial charge in [0.15, 0.2) is 0 Å². The van der Waals surface area contributed by atoms with Crippen molar-refractivity contribution >= 4 is 40.5 Å². The van der Waals surface area contributed by atoms with Crippen LogP contribution < -0.4 is 4.90 Å². The Bertz CT molecular complexity index is 636. The van der Waals surface area contributed by atoms with Crippen LogP contribution in [0.25, 0.3) is 11.1 Å². The number of halogens is 3.